The van der Waals surface area contributed by atoms with E-state index in [0.29, 0.717) is 45.3 Å². The Hall–Kier alpha value is -2.97. The lowest BCUT2D eigenvalue weighted by Gasteiger charge is -2.15. The Morgan fingerprint density at radius 2 is 1.88 bits per heavy atom. The van der Waals surface area contributed by atoms with E-state index >= 15 is 0 Å². The van der Waals surface area contributed by atoms with Gasteiger partial charge in [-0.15, -0.1) is 0 Å². The largest absolute Gasteiger partial charge is 0.369 e. The van der Waals surface area contributed by atoms with Crippen LogP contribution in [0, 0.1) is 19.8 Å². The summed E-state index contributed by atoms with van der Waals surface area (Å²) in [5.41, 5.74) is 3.79. The first-order valence-corrected chi connectivity index (χ1v) is 12.0. The average molecular weight is 479 g/mol. The number of aryl methyl sites for hydroxylation is 2. The molecule has 0 bridgehead atoms. The molecule has 1 fully saturated rings. The van der Waals surface area contributed by atoms with E-state index in [2.05, 4.69) is 19.2 Å². The van der Waals surface area contributed by atoms with Crippen LogP contribution in [0.15, 0.2) is 52.3 Å². The van der Waals surface area contributed by atoms with E-state index in [4.69, 9.17) is 17.2 Å². The first kappa shape index (κ1) is 23.2. The maximum Gasteiger partial charge on any atom is 0.267 e. The van der Waals surface area contributed by atoms with Gasteiger partial charge < -0.3 is 5.32 Å². The van der Waals surface area contributed by atoms with Gasteiger partial charge in [0.15, 0.2) is 0 Å². The fourth-order valence-electron chi connectivity index (χ4n) is 3.52. The highest BCUT2D eigenvalue weighted by Gasteiger charge is 2.32. The summed E-state index contributed by atoms with van der Waals surface area (Å²) in [6.07, 6.45) is 3.32. The molecule has 0 spiro atoms. The molecule has 3 aromatic rings. The van der Waals surface area contributed by atoms with Crippen LogP contribution >= 0.6 is 24.0 Å². The molecule has 1 saturated heterocycles. The molecule has 8 heteroatoms. The monoisotopic (exact) mass is 478 g/mol. The molecule has 1 aliphatic rings. The van der Waals surface area contributed by atoms with Crippen molar-refractivity contribution in [3.05, 3.63) is 80.1 Å². The maximum absolute atomic E-state index is 13.4. The molecule has 0 atom stereocenters. The van der Waals surface area contributed by atoms with Gasteiger partial charge in [0.1, 0.15) is 15.8 Å². The molecule has 0 unspecified atom stereocenters. The third kappa shape index (κ3) is 4.86. The van der Waals surface area contributed by atoms with Gasteiger partial charge in [0, 0.05) is 12.7 Å². The van der Waals surface area contributed by atoms with Crippen molar-refractivity contribution in [2.45, 2.75) is 34.2 Å². The van der Waals surface area contributed by atoms with Gasteiger partial charge in [0.05, 0.1) is 17.0 Å². The number of hydrogen-bond acceptors (Lipinski definition) is 6. The summed E-state index contributed by atoms with van der Waals surface area (Å²) in [5, 5.41) is 3.29. The number of carbonyl (C=O) groups is 1. The summed E-state index contributed by atoms with van der Waals surface area (Å²) in [7, 11) is 0. The number of hydrogen-bond donors (Lipinski definition) is 1. The molecule has 6 nitrogen and oxygen atoms in total. The van der Waals surface area contributed by atoms with Crippen molar-refractivity contribution in [2.75, 3.05) is 11.9 Å². The number of aromatic nitrogens is 2. The predicted octanol–water partition coefficient (Wildman–Crippen LogP) is 4.78. The van der Waals surface area contributed by atoms with Crippen LogP contribution in [0.3, 0.4) is 0 Å². The lowest BCUT2D eigenvalue weighted by molar-refractivity contribution is -0.122. The average Bonchev–Trinajstić information content (AvgIpc) is 3.04. The second-order valence-electron chi connectivity index (χ2n) is 8.59. The number of benzene rings is 1. The Morgan fingerprint density at radius 3 is 2.58 bits per heavy atom. The van der Waals surface area contributed by atoms with Crippen LogP contribution in [-0.2, 0) is 11.3 Å². The highest BCUT2D eigenvalue weighted by molar-refractivity contribution is 8.26. The van der Waals surface area contributed by atoms with Gasteiger partial charge in [-0.3, -0.25) is 18.9 Å². The quantitative estimate of drug-likeness (QED) is 0.406. The zero-order valence-electron chi connectivity index (χ0n) is 19.1. The minimum atomic E-state index is -0.223. The SMILES string of the molecule is Cc1ccc(CN2C(=O)C(=Cc3c(NCC(C)C)nc4c(C)cccn4c3=O)SC2=S)cc1. The number of anilines is 1. The standard InChI is InChI=1S/C25H26N4O2S2/c1-15(2)13-26-21-19(23(30)28-11-5-6-17(4)22(28)27-21)12-20-24(31)29(25(32)33-20)14-18-9-7-16(3)8-10-18/h5-12,15,26H,13-14H2,1-4H3. The number of rotatable bonds is 6. The van der Waals surface area contributed by atoms with Crippen LogP contribution in [0.5, 0.6) is 0 Å². The zero-order valence-corrected chi connectivity index (χ0v) is 20.7. The van der Waals surface area contributed by atoms with Gasteiger partial charge in [0.2, 0.25) is 0 Å². The molecule has 2 aromatic heterocycles. The van der Waals surface area contributed by atoms with Gasteiger partial charge in [0.25, 0.3) is 11.5 Å². The van der Waals surface area contributed by atoms with Crippen molar-refractivity contribution in [2.24, 2.45) is 5.92 Å². The van der Waals surface area contributed by atoms with Crippen molar-refractivity contribution in [1.82, 2.24) is 14.3 Å². The molecule has 4 rings (SSSR count). The van der Waals surface area contributed by atoms with Gasteiger partial charge in [-0.25, -0.2) is 4.98 Å². The van der Waals surface area contributed by atoms with Crippen molar-refractivity contribution in [3.63, 3.8) is 0 Å². The molecule has 0 aliphatic carbocycles. The highest BCUT2D eigenvalue weighted by atomic mass is 32.2. The van der Waals surface area contributed by atoms with Gasteiger partial charge >= 0.3 is 0 Å². The Kier molecular flexibility index (Phi) is 6.67. The summed E-state index contributed by atoms with van der Waals surface area (Å²) >= 11 is 6.71. The summed E-state index contributed by atoms with van der Waals surface area (Å²) in [4.78, 5) is 33.3. The Labute approximate surface area is 202 Å². The Balaban J connectivity index is 1.74. The molecule has 1 amide bonds. The molecule has 1 aliphatic heterocycles. The van der Waals surface area contributed by atoms with E-state index in [1.54, 1.807) is 17.2 Å². The summed E-state index contributed by atoms with van der Waals surface area (Å²) < 4.78 is 2.00. The van der Waals surface area contributed by atoms with Crippen LogP contribution in [0.4, 0.5) is 5.82 Å². The van der Waals surface area contributed by atoms with Crippen molar-refractivity contribution in [1.29, 1.82) is 0 Å². The molecular weight excluding hydrogens is 452 g/mol. The lowest BCUT2D eigenvalue weighted by Crippen LogP contribution is -2.27. The Bertz CT molecular complexity index is 1330. The number of thioether (sulfide) groups is 1. The molecule has 170 valence electrons. The summed E-state index contributed by atoms with van der Waals surface area (Å²) in [6, 6.07) is 11.8. The minimum absolute atomic E-state index is 0.200. The van der Waals surface area contributed by atoms with E-state index in [0.717, 1.165) is 16.7 Å². The van der Waals surface area contributed by atoms with Crippen molar-refractivity contribution < 1.29 is 4.79 Å². The molecule has 1 N–H and O–H groups in total. The van der Waals surface area contributed by atoms with Gasteiger partial charge in [-0.1, -0.05) is 73.7 Å². The fourth-order valence-corrected chi connectivity index (χ4v) is 4.76. The Morgan fingerprint density at radius 1 is 1.15 bits per heavy atom. The number of fused-ring (bicyclic) bond motifs is 1. The van der Waals surface area contributed by atoms with Crippen LogP contribution < -0.4 is 10.9 Å². The first-order chi connectivity index (χ1) is 15.7. The smallest absolute Gasteiger partial charge is 0.267 e. The minimum Gasteiger partial charge on any atom is -0.369 e. The fraction of sp³-hybridized carbons (Fsp3) is 0.280. The lowest BCUT2D eigenvalue weighted by atomic mass is 10.1. The van der Waals surface area contributed by atoms with E-state index in [9.17, 15) is 9.59 Å². The van der Waals surface area contributed by atoms with Crippen LogP contribution in [0.1, 0.15) is 36.1 Å². The molecule has 0 saturated carbocycles. The van der Waals surface area contributed by atoms with Crippen LogP contribution in [0.2, 0.25) is 0 Å². The highest BCUT2D eigenvalue weighted by Crippen LogP contribution is 2.34. The van der Waals surface area contributed by atoms with E-state index < -0.39 is 0 Å². The number of nitrogens with one attached hydrogen (secondary N) is 1. The number of carbonyl (C=O) groups excluding carboxylic acids is 1. The van der Waals surface area contributed by atoms with Crippen molar-refractivity contribution in [3.8, 4) is 0 Å². The normalized spacial score (nSPS) is 15.3. The van der Waals surface area contributed by atoms with Gasteiger partial charge in [-0.2, -0.15) is 0 Å². The van der Waals surface area contributed by atoms with Crippen LogP contribution in [0.25, 0.3) is 11.7 Å². The van der Waals surface area contributed by atoms with E-state index in [1.807, 2.05) is 50.2 Å². The number of thiocarbonyl (C=S) groups is 1. The number of pyridine rings is 1. The number of nitrogens with zero attached hydrogens (tertiary/aromatic N) is 3. The third-order valence-corrected chi connectivity index (χ3v) is 6.75. The van der Waals surface area contributed by atoms with E-state index in [1.165, 1.54) is 16.2 Å². The second-order valence-corrected chi connectivity index (χ2v) is 10.3. The second kappa shape index (κ2) is 9.49. The predicted molar refractivity (Wildman–Crippen MR) is 139 cm³/mol. The van der Waals surface area contributed by atoms with Crippen LogP contribution in [-0.4, -0.2) is 31.1 Å². The zero-order chi connectivity index (χ0) is 23.7. The van der Waals surface area contributed by atoms with Crippen molar-refractivity contribution >= 4 is 51.7 Å². The number of amides is 1. The molecule has 33 heavy (non-hydrogen) atoms. The molecule has 3 heterocycles. The molecule has 1 aromatic carbocycles. The first-order valence-electron chi connectivity index (χ1n) is 10.8. The maximum atomic E-state index is 13.4. The topological polar surface area (TPSA) is 66.7 Å². The summed E-state index contributed by atoms with van der Waals surface area (Å²) in [6.45, 7) is 9.17. The van der Waals surface area contributed by atoms with Gasteiger partial charge in [-0.05, 0) is 43.0 Å². The third-order valence-electron chi connectivity index (χ3n) is 5.37. The van der Waals surface area contributed by atoms with E-state index in [-0.39, 0.29) is 11.5 Å². The molecular formula is C25H26N4O2S2. The summed E-state index contributed by atoms with van der Waals surface area (Å²) in [5.74, 6) is 0.642. The molecule has 0 radical (unpaired) electrons.